The number of hydrogen-bond donors (Lipinski definition) is 2. The highest BCUT2D eigenvalue weighted by Gasteiger charge is 1.66. The number of rotatable bonds is 2. The highest BCUT2D eigenvalue weighted by Crippen LogP contribution is 1.62. The Labute approximate surface area is 51.9 Å². The van der Waals surface area contributed by atoms with Gasteiger partial charge in [-0.1, -0.05) is 27.2 Å². The maximum absolute atomic E-state index is 7.82. The van der Waals surface area contributed by atoms with Crippen LogP contribution in [0.5, 0.6) is 0 Å². The lowest BCUT2D eigenvalue weighted by atomic mass is 10.5. The van der Waals surface area contributed by atoms with E-state index in [0.717, 1.165) is 6.42 Å². The molecule has 2 N–H and O–H groups in total. The number of nitrogens with one attached hydrogen (secondary N) is 1. The fraction of sp³-hybridized carbons (Fsp3) is 1.00. The average Bonchev–Trinajstić information content (AvgIpc) is 1.71. The highest BCUT2D eigenvalue weighted by molar-refractivity contribution is 4.22. The largest absolute Gasteiger partial charge is 0.317 e. The lowest BCUT2D eigenvalue weighted by Gasteiger charge is -1.83. The first kappa shape index (κ1) is 10.8. The minimum Gasteiger partial charge on any atom is -0.317 e. The Bertz CT molecular complexity index is 22.5. The molecule has 0 bridgehead atoms. The summed E-state index contributed by atoms with van der Waals surface area (Å²) < 4.78 is 0. The summed E-state index contributed by atoms with van der Waals surface area (Å²) in [5.74, 6) is 0. The summed E-state index contributed by atoms with van der Waals surface area (Å²) in [7, 11) is 0. The van der Waals surface area contributed by atoms with Crippen LogP contribution in [0.1, 0.15) is 33.6 Å². The van der Waals surface area contributed by atoms with E-state index in [-0.39, 0.29) is 0 Å². The van der Waals surface area contributed by atoms with E-state index in [4.69, 9.17) is 5.21 Å². The van der Waals surface area contributed by atoms with Gasteiger partial charge in [0.25, 0.3) is 0 Å². The zero-order chi connectivity index (χ0) is 6.83. The van der Waals surface area contributed by atoms with Crippen LogP contribution in [0.25, 0.3) is 0 Å². The zero-order valence-electron chi connectivity index (χ0n) is 6.07. The van der Waals surface area contributed by atoms with E-state index in [1.54, 1.807) is 0 Å². The molecular weight excluding hydrogens is 102 g/mol. The predicted octanol–water partition coefficient (Wildman–Crippen LogP) is 1.79. The lowest BCUT2D eigenvalue weighted by molar-refractivity contribution is 0.167. The quantitative estimate of drug-likeness (QED) is 0.543. The van der Waals surface area contributed by atoms with Gasteiger partial charge in [-0.2, -0.15) is 0 Å². The molecule has 0 aliphatic carbocycles. The normalized spacial score (nSPS) is 7.50. The maximum atomic E-state index is 7.82. The molecule has 0 unspecified atom stereocenters. The fourth-order valence-corrected chi connectivity index (χ4v) is 0.112. The molecule has 0 saturated carbocycles. The standard InChI is InChI=1S/C3H9NO.C3H8/c1-2-3-4-5;1-3-2/h4-5H,2-3H2,1H3;3H2,1-2H3. The molecule has 0 amide bonds. The summed E-state index contributed by atoms with van der Waals surface area (Å²) in [4.78, 5) is 0. The summed E-state index contributed by atoms with van der Waals surface area (Å²) in [5, 5.41) is 7.82. The molecular formula is C6H17NO. The van der Waals surface area contributed by atoms with Crippen molar-refractivity contribution in [1.82, 2.24) is 5.48 Å². The van der Waals surface area contributed by atoms with Crippen molar-refractivity contribution in [2.75, 3.05) is 6.54 Å². The first-order chi connectivity index (χ1) is 3.83. The van der Waals surface area contributed by atoms with Crippen molar-refractivity contribution in [3.05, 3.63) is 0 Å². The van der Waals surface area contributed by atoms with Gasteiger partial charge in [0.05, 0.1) is 0 Å². The van der Waals surface area contributed by atoms with Gasteiger partial charge >= 0.3 is 0 Å². The van der Waals surface area contributed by atoms with E-state index in [9.17, 15) is 0 Å². The Balaban J connectivity index is 0. The van der Waals surface area contributed by atoms with Gasteiger partial charge in [0.1, 0.15) is 0 Å². The van der Waals surface area contributed by atoms with E-state index >= 15 is 0 Å². The van der Waals surface area contributed by atoms with E-state index in [2.05, 4.69) is 13.8 Å². The first-order valence-corrected chi connectivity index (χ1v) is 3.20. The Hall–Kier alpha value is -0.0800. The molecule has 0 aromatic carbocycles. The van der Waals surface area contributed by atoms with Crippen molar-refractivity contribution in [2.24, 2.45) is 0 Å². The molecule has 2 nitrogen and oxygen atoms in total. The van der Waals surface area contributed by atoms with Gasteiger partial charge in [-0.25, -0.2) is 5.48 Å². The van der Waals surface area contributed by atoms with Gasteiger partial charge in [0.15, 0.2) is 0 Å². The van der Waals surface area contributed by atoms with E-state index in [1.807, 2.05) is 12.4 Å². The third-order valence-corrected chi connectivity index (χ3v) is 0.362. The molecule has 0 rings (SSSR count). The molecule has 0 aliphatic rings. The third kappa shape index (κ3) is 38.9. The van der Waals surface area contributed by atoms with Crippen LogP contribution in [0.3, 0.4) is 0 Å². The second-order valence-corrected chi connectivity index (χ2v) is 1.62. The van der Waals surface area contributed by atoms with Crippen molar-refractivity contribution < 1.29 is 5.21 Å². The van der Waals surface area contributed by atoms with Gasteiger partial charge in [-0.05, 0) is 6.42 Å². The topological polar surface area (TPSA) is 32.3 Å². The molecule has 52 valence electrons. The minimum atomic E-state index is 0.694. The summed E-state index contributed by atoms with van der Waals surface area (Å²) >= 11 is 0. The van der Waals surface area contributed by atoms with Gasteiger partial charge in [-0.3, -0.25) is 0 Å². The van der Waals surface area contributed by atoms with Gasteiger partial charge < -0.3 is 5.21 Å². The van der Waals surface area contributed by atoms with E-state index < -0.39 is 0 Å². The second kappa shape index (κ2) is 15.8. The van der Waals surface area contributed by atoms with Crippen LogP contribution in [0.15, 0.2) is 0 Å². The molecule has 0 aromatic rings. The molecule has 2 heteroatoms. The Morgan fingerprint density at radius 2 is 1.62 bits per heavy atom. The molecule has 0 heterocycles. The summed E-state index contributed by atoms with van der Waals surface area (Å²) in [6.45, 7) is 6.93. The van der Waals surface area contributed by atoms with Crippen molar-refractivity contribution in [2.45, 2.75) is 33.6 Å². The second-order valence-electron chi connectivity index (χ2n) is 1.62. The van der Waals surface area contributed by atoms with Crippen LogP contribution in [-0.4, -0.2) is 11.8 Å². The van der Waals surface area contributed by atoms with Crippen LogP contribution in [-0.2, 0) is 0 Å². The van der Waals surface area contributed by atoms with Crippen molar-refractivity contribution >= 4 is 0 Å². The van der Waals surface area contributed by atoms with Crippen molar-refractivity contribution in [3.63, 3.8) is 0 Å². The fourth-order valence-electron chi connectivity index (χ4n) is 0.112. The zero-order valence-corrected chi connectivity index (χ0v) is 6.07. The average molecular weight is 119 g/mol. The van der Waals surface area contributed by atoms with Gasteiger partial charge in [0.2, 0.25) is 0 Å². The molecule has 0 atom stereocenters. The van der Waals surface area contributed by atoms with Crippen molar-refractivity contribution in [1.29, 1.82) is 0 Å². The Morgan fingerprint density at radius 3 is 1.62 bits per heavy atom. The van der Waals surface area contributed by atoms with Crippen LogP contribution in [0, 0.1) is 0 Å². The van der Waals surface area contributed by atoms with E-state index in [0.29, 0.717) is 6.54 Å². The molecule has 0 spiro atoms. The van der Waals surface area contributed by atoms with Crippen LogP contribution in [0.2, 0.25) is 0 Å². The molecule has 0 aromatic heterocycles. The van der Waals surface area contributed by atoms with Gasteiger partial charge in [-0.15, -0.1) is 0 Å². The van der Waals surface area contributed by atoms with E-state index in [1.165, 1.54) is 6.42 Å². The monoisotopic (exact) mass is 119 g/mol. The Kier molecular flexibility index (Phi) is 21.3. The number of hydrogen-bond acceptors (Lipinski definition) is 2. The predicted molar refractivity (Wildman–Crippen MR) is 36.0 cm³/mol. The molecule has 0 fully saturated rings. The van der Waals surface area contributed by atoms with Crippen LogP contribution in [0.4, 0.5) is 0 Å². The van der Waals surface area contributed by atoms with Gasteiger partial charge in [0, 0.05) is 6.54 Å². The Morgan fingerprint density at radius 1 is 1.25 bits per heavy atom. The number of hydroxylamine groups is 1. The highest BCUT2D eigenvalue weighted by atomic mass is 16.5. The van der Waals surface area contributed by atoms with Crippen molar-refractivity contribution in [3.8, 4) is 0 Å². The molecule has 0 saturated heterocycles. The smallest absolute Gasteiger partial charge is 0.0204 e. The lowest BCUT2D eigenvalue weighted by Crippen LogP contribution is -2.06. The molecule has 0 radical (unpaired) electrons. The summed E-state index contributed by atoms with van der Waals surface area (Å²) in [6, 6.07) is 0. The summed E-state index contributed by atoms with van der Waals surface area (Å²) in [6.07, 6.45) is 2.23. The maximum Gasteiger partial charge on any atom is 0.0204 e. The third-order valence-electron chi connectivity index (χ3n) is 0.362. The van der Waals surface area contributed by atoms with Crippen LogP contribution < -0.4 is 5.48 Å². The first-order valence-electron chi connectivity index (χ1n) is 3.20. The summed E-state index contributed by atoms with van der Waals surface area (Å²) in [5.41, 5.74) is 2.02. The molecule has 0 aliphatic heterocycles. The SMILES string of the molecule is CCC.CCCNO. The minimum absolute atomic E-state index is 0.694. The molecule has 8 heavy (non-hydrogen) atoms. The van der Waals surface area contributed by atoms with Crippen LogP contribution >= 0.6 is 0 Å².